The first-order valence-corrected chi connectivity index (χ1v) is 11.0. The Bertz CT molecular complexity index is 1080. The molecule has 33 heavy (non-hydrogen) atoms. The van der Waals surface area contributed by atoms with Gasteiger partial charge in [0.1, 0.15) is 0 Å². The molecule has 1 aliphatic heterocycles. The predicted octanol–water partition coefficient (Wildman–Crippen LogP) is 6.26. The van der Waals surface area contributed by atoms with Gasteiger partial charge in [-0.1, -0.05) is 24.3 Å². The molecule has 0 radical (unpaired) electrons. The van der Waals surface area contributed by atoms with E-state index in [-0.39, 0.29) is 12.1 Å². The molecule has 4 rings (SSSR count). The molecule has 2 aromatic carbocycles. The van der Waals surface area contributed by atoms with E-state index in [1.807, 2.05) is 21.7 Å². The topological polar surface area (TPSA) is 26.7 Å². The zero-order chi connectivity index (χ0) is 23.8. The number of hydrogen-bond donors (Lipinski definition) is 1. The molecule has 0 fully saturated rings. The number of thiophene rings is 1. The van der Waals surface area contributed by atoms with Gasteiger partial charge in [-0.2, -0.15) is 37.7 Å². The van der Waals surface area contributed by atoms with Crippen LogP contribution in [0.2, 0.25) is 0 Å². The van der Waals surface area contributed by atoms with E-state index in [0.717, 1.165) is 17.7 Å². The number of benzene rings is 2. The first-order valence-electron chi connectivity index (χ1n) is 10.1. The van der Waals surface area contributed by atoms with Gasteiger partial charge in [0.15, 0.2) is 6.10 Å². The summed E-state index contributed by atoms with van der Waals surface area (Å²) in [5, 5.41) is 13.7. The van der Waals surface area contributed by atoms with Gasteiger partial charge in [-0.25, -0.2) is 0 Å². The van der Waals surface area contributed by atoms with Crippen LogP contribution in [0.25, 0.3) is 0 Å². The van der Waals surface area contributed by atoms with Gasteiger partial charge >= 0.3 is 12.4 Å². The lowest BCUT2D eigenvalue weighted by Gasteiger charge is -2.45. The third-order valence-corrected chi connectivity index (χ3v) is 6.33. The molecule has 0 spiro atoms. The van der Waals surface area contributed by atoms with E-state index >= 15 is 0 Å². The summed E-state index contributed by atoms with van der Waals surface area (Å²) >= 11 is 1.50. The number of aliphatic hydroxyl groups is 1. The van der Waals surface area contributed by atoms with Crippen LogP contribution in [0.1, 0.15) is 22.7 Å². The second kappa shape index (κ2) is 8.90. The van der Waals surface area contributed by atoms with Gasteiger partial charge in [0.2, 0.25) is 0 Å². The van der Waals surface area contributed by atoms with E-state index in [2.05, 4.69) is 0 Å². The van der Waals surface area contributed by atoms with Crippen LogP contribution < -0.4 is 9.80 Å². The second-order valence-corrected chi connectivity index (χ2v) is 8.63. The van der Waals surface area contributed by atoms with Crippen LogP contribution in [0.3, 0.4) is 0 Å². The molecule has 0 bridgehead atoms. The average Bonchev–Trinajstić information content (AvgIpc) is 3.27. The van der Waals surface area contributed by atoms with E-state index in [1.54, 1.807) is 24.3 Å². The summed E-state index contributed by atoms with van der Waals surface area (Å²) in [6.07, 6.45) is -12.1. The van der Waals surface area contributed by atoms with Gasteiger partial charge in [-0.05, 0) is 52.2 Å². The molecule has 1 N–H and O–H groups in total. The number of halogens is 6. The Morgan fingerprint density at radius 2 is 1.70 bits per heavy atom. The number of para-hydroxylation sites is 2. The largest absolute Gasteiger partial charge is 0.416 e. The first-order chi connectivity index (χ1) is 15.5. The number of anilines is 2. The molecule has 0 saturated carbocycles. The Labute approximate surface area is 190 Å². The second-order valence-electron chi connectivity index (χ2n) is 7.85. The summed E-state index contributed by atoms with van der Waals surface area (Å²) in [5.74, 6) is 0. The number of nitrogens with zero attached hydrogens (tertiary/aromatic N) is 2. The van der Waals surface area contributed by atoms with Crippen molar-refractivity contribution < 1.29 is 31.4 Å². The van der Waals surface area contributed by atoms with Crippen molar-refractivity contribution in [2.75, 3.05) is 22.9 Å². The summed E-state index contributed by atoms with van der Waals surface area (Å²) in [6, 6.07) is 12.5. The molecule has 3 nitrogen and oxygen atoms in total. The van der Waals surface area contributed by atoms with Crippen LogP contribution in [0.15, 0.2) is 65.4 Å². The summed E-state index contributed by atoms with van der Waals surface area (Å²) in [4.78, 5) is 3.30. The van der Waals surface area contributed by atoms with Crippen LogP contribution in [0.5, 0.6) is 0 Å². The minimum Gasteiger partial charge on any atom is -0.382 e. The van der Waals surface area contributed by atoms with Crippen molar-refractivity contribution in [2.45, 2.75) is 31.0 Å². The van der Waals surface area contributed by atoms with Gasteiger partial charge in [0.25, 0.3) is 0 Å². The number of aliphatic hydroxyl groups excluding tert-OH is 1. The zero-order valence-corrected chi connectivity index (χ0v) is 18.0. The fraction of sp³-hybridized carbons (Fsp3) is 0.304. The fourth-order valence-electron chi connectivity index (χ4n) is 4.02. The molecule has 176 valence electrons. The Morgan fingerprint density at radius 1 is 0.970 bits per heavy atom. The van der Waals surface area contributed by atoms with Gasteiger partial charge in [0.05, 0.1) is 29.5 Å². The molecule has 0 amide bonds. The molecular formula is C23H20F6N2OS. The molecule has 1 aromatic heterocycles. The lowest BCUT2D eigenvalue weighted by atomic mass is 9.97. The van der Waals surface area contributed by atoms with Crippen LogP contribution in [0, 0.1) is 0 Å². The number of hydrogen-bond acceptors (Lipinski definition) is 4. The molecule has 1 unspecified atom stereocenters. The van der Waals surface area contributed by atoms with Crippen molar-refractivity contribution in [3.63, 3.8) is 0 Å². The SMILES string of the molecule is O[C@H](CN1c2ccccc2N(Cc2ccsc2)CC1c1cccc(C(F)(F)F)c1)C(F)(F)F. The Hall–Kier alpha value is -2.72. The Balaban J connectivity index is 1.79. The maximum Gasteiger partial charge on any atom is 0.416 e. The zero-order valence-electron chi connectivity index (χ0n) is 17.1. The molecule has 10 heteroatoms. The lowest BCUT2D eigenvalue weighted by molar-refractivity contribution is -0.200. The summed E-state index contributed by atoms with van der Waals surface area (Å²) < 4.78 is 79.7. The number of alkyl halides is 6. The number of fused-ring (bicyclic) bond motifs is 1. The molecule has 0 saturated heterocycles. The lowest BCUT2D eigenvalue weighted by Crippen LogP contribution is -2.49. The third kappa shape index (κ3) is 5.11. The fourth-order valence-corrected chi connectivity index (χ4v) is 4.68. The van der Waals surface area contributed by atoms with Gasteiger partial charge in [-0.15, -0.1) is 0 Å². The molecule has 3 aromatic rings. The minimum atomic E-state index is -4.86. The highest BCUT2D eigenvalue weighted by Gasteiger charge is 2.42. The quantitative estimate of drug-likeness (QED) is 0.432. The van der Waals surface area contributed by atoms with Crippen molar-refractivity contribution in [3.8, 4) is 0 Å². The van der Waals surface area contributed by atoms with E-state index in [1.165, 1.54) is 28.4 Å². The highest BCUT2D eigenvalue weighted by molar-refractivity contribution is 7.07. The van der Waals surface area contributed by atoms with Crippen molar-refractivity contribution >= 4 is 22.7 Å². The summed E-state index contributed by atoms with van der Waals surface area (Å²) in [6.45, 7) is -0.196. The highest BCUT2D eigenvalue weighted by atomic mass is 32.1. The third-order valence-electron chi connectivity index (χ3n) is 5.60. The van der Waals surface area contributed by atoms with Gasteiger partial charge < -0.3 is 14.9 Å². The summed E-state index contributed by atoms with van der Waals surface area (Å²) in [7, 11) is 0. The van der Waals surface area contributed by atoms with Crippen LogP contribution in [-0.4, -0.2) is 30.5 Å². The number of β-amino-alcohol motifs (C(OH)–C–C–N with tert-alkyl or cyclic N) is 1. The standard InChI is InChI=1S/C23H20F6N2OS/c24-22(25,26)17-5-3-4-16(10-17)20-12-30(11-15-8-9-33-14-15)18-6-1-2-7-19(18)31(20)13-21(32)23(27,28)29/h1-10,14,20-21,32H,11-13H2/t20?,21-/m1/s1. The van der Waals surface area contributed by atoms with E-state index in [0.29, 0.717) is 17.9 Å². The maximum atomic E-state index is 13.4. The van der Waals surface area contributed by atoms with E-state index in [4.69, 9.17) is 0 Å². The number of rotatable bonds is 5. The Morgan fingerprint density at radius 3 is 2.33 bits per heavy atom. The predicted molar refractivity (Wildman–Crippen MR) is 115 cm³/mol. The van der Waals surface area contributed by atoms with Gasteiger partial charge in [0, 0.05) is 13.1 Å². The summed E-state index contributed by atoms with van der Waals surface area (Å²) in [5.41, 5.74) is 1.41. The molecule has 2 atom stereocenters. The molecule has 1 aliphatic rings. The minimum absolute atomic E-state index is 0.152. The molecular weight excluding hydrogens is 466 g/mol. The van der Waals surface area contributed by atoms with Crippen LogP contribution >= 0.6 is 11.3 Å². The van der Waals surface area contributed by atoms with Crippen LogP contribution in [0.4, 0.5) is 37.7 Å². The highest BCUT2D eigenvalue weighted by Crippen LogP contribution is 2.43. The normalized spacial score (nSPS) is 17.7. The first kappa shape index (κ1) is 23.4. The average molecular weight is 486 g/mol. The van der Waals surface area contributed by atoms with E-state index in [9.17, 15) is 31.4 Å². The van der Waals surface area contributed by atoms with Gasteiger partial charge in [-0.3, -0.25) is 0 Å². The maximum absolute atomic E-state index is 13.4. The monoisotopic (exact) mass is 486 g/mol. The van der Waals surface area contributed by atoms with E-state index < -0.39 is 36.6 Å². The smallest absolute Gasteiger partial charge is 0.382 e. The van der Waals surface area contributed by atoms with Crippen molar-refractivity contribution in [3.05, 3.63) is 82.0 Å². The van der Waals surface area contributed by atoms with Crippen molar-refractivity contribution in [1.82, 2.24) is 0 Å². The van der Waals surface area contributed by atoms with Crippen LogP contribution in [-0.2, 0) is 12.7 Å². The molecule has 0 aliphatic carbocycles. The molecule has 2 heterocycles. The van der Waals surface area contributed by atoms with Crippen molar-refractivity contribution in [2.24, 2.45) is 0 Å². The van der Waals surface area contributed by atoms with Crippen molar-refractivity contribution in [1.29, 1.82) is 0 Å². The Kier molecular flexibility index (Phi) is 6.32.